The summed E-state index contributed by atoms with van der Waals surface area (Å²) in [4.78, 5) is 16.7. The van der Waals surface area contributed by atoms with Crippen LogP contribution in [0.3, 0.4) is 0 Å². The van der Waals surface area contributed by atoms with Gasteiger partial charge in [-0.3, -0.25) is 4.79 Å². The molecule has 1 aliphatic carbocycles. The Morgan fingerprint density at radius 1 is 1.24 bits per heavy atom. The Balaban J connectivity index is 1.45. The molecule has 0 atom stereocenters. The van der Waals surface area contributed by atoms with E-state index in [4.69, 9.17) is 4.74 Å². The molecule has 1 saturated carbocycles. The summed E-state index contributed by atoms with van der Waals surface area (Å²) in [6, 6.07) is 7.86. The van der Waals surface area contributed by atoms with Crippen molar-refractivity contribution < 1.29 is 9.53 Å². The number of thiazole rings is 1. The molecule has 5 heteroatoms. The van der Waals surface area contributed by atoms with Gasteiger partial charge in [-0.2, -0.15) is 0 Å². The molecule has 3 rings (SSSR count). The zero-order valence-corrected chi connectivity index (χ0v) is 15.6. The Hall–Kier alpha value is -1.88. The molecule has 0 spiro atoms. The highest BCUT2D eigenvalue weighted by molar-refractivity contribution is 7.09. The molecule has 1 amide bonds. The van der Waals surface area contributed by atoms with Gasteiger partial charge in [0.1, 0.15) is 10.8 Å². The third kappa shape index (κ3) is 5.30. The summed E-state index contributed by atoms with van der Waals surface area (Å²) >= 11 is 1.59. The molecule has 1 N–H and O–H groups in total. The van der Waals surface area contributed by atoms with E-state index in [1.165, 1.54) is 32.1 Å². The number of nitrogens with one attached hydrogen (secondary N) is 1. The van der Waals surface area contributed by atoms with Crippen LogP contribution < -0.4 is 10.1 Å². The smallest absolute Gasteiger partial charge is 0.220 e. The summed E-state index contributed by atoms with van der Waals surface area (Å²) in [5.74, 6) is 1.73. The van der Waals surface area contributed by atoms with Crippen molar-refractivity contribution in [3.63, 3.8) is 0 Å². The van der Waals surface area contributed by atoms with Gasteiger partial charge in [-0.15, -0.1) is 11.3 Å². The number of aromatic nitrogens is 1. The first kappa shape index (κ1) is 17.9. The normalized spacial score (nSPS) is 15.1. The van der Waals surface area contributed by atoms with Crippen molar-refractivity contribution >= 4 is 17.2 Å². The SMILES string of the molecule is COc1ccc(-c2csc(CNC(=O)CCC3CCCCC3)n2)cc1. The first-order valence-corrected chi connectivity index (χ1v) is 9.98. The molecule has 2 aromatic rings. The number of hydrogen-bond donors (Lipinski definition) is 1. The number of ether oxygens (including phenoxy) is 1. The Morgan fingerprint density at radius 3 is 2.72 bits per heavy atom. The van der Waals surface area contributed by atoms with Crippen molar-refractivity contribution in [3.05, 3.63) is 34.7 Å². The van der Waals surface area contributed by atoms with Gasteiger partial charge in [0.15, 0.2) is 0 Å². The standard InChI is InChI=1S/C20H26N2O2S/c1-24-17-10-8-16(9-11-17)18-14-25-20(22-18)13-21-19(23)12-7-15-5-3-2-4-6-15/h8-11,14-15H,2-7,12-13H2,1H3,(H,21,23). The lowest BCUT2D eigenvalue weighted by Gasteiger charge is -2.20. The number of carbonyl (C=O) groups is 1. The van der Waals surface area contributed by atoms with Gasteiger partial charge in [0, 0.05) is 17.4 Å². The molecule has 0 saturated heterocycles. The molecule has 25 heavy (non-hydrogen) atoms. The lowest BCUT2D eigenvalue weighted by atomic mass is 9.86. The molecule has 4 nitrogen and oxygen atoms in total. The summed E-state index contributed by atoms with van der Waals surface area (Å²) in [6.45, 7) is 0.518. The zero-order valence-electron chi connectivity index (χ0n) is 14.8. The van der Waals surface area contributed by atoms with E-state index < -0.39 is 0 Å². The van der Waals surface area contributed by atoms with Crippen LogP contribution in [0.25, 0.3) is 11.3 Å². The van der Waals surface area contributed by atoms with Gasteiger partial charge in [0.05, 0.1) is 19.3 Å². The fraction of sp³-hybridized carbons (Fsp3) is 0.500. The number of hydrogen-bond acceptors (Lipinski definition) is 4. The van der Waals surface area contributed by atoms with E-state index in [1.807, 2.05) is 29.6 Å². The number of amides is 1. The van der Waals surface area contributed by atoms with Crippen LogP contribution in [0, 0.1) is 5.92 Å². The minimum Gasteiger partial charge on any atom is -0.497 e. The Morgan fingerprint density at radius 2 is 2.00 bits per heavy atom. The first-order valence-electron chi connectivity index (χ1n) is 9.10. The van der Waals surface area contributed by atoms with Crippen molar-refractivity contribution in [1.29, 1.82) is 0 Å². The molecule has 1 fully saturated rings. The average molecular weight is 359 g/mol. The number of carbonyl (C=O) groups excluding carboxylic acids is 1. The quantitative estimate of drug-likeness (QED) is 0.774. The summed E-state index contributed by atoms with van der Waals surface area (Å²) in [7, 11) is 1.66. The van der Waals surface area contributed by atoms with Crippen molar-refractivity contribution in [1.82, 2.24) is 10.3 Å². The monoisotopic (exact) mass is 358 g/mol. The Bertz CT molecular complexity index is 675. The van der Waals surface area contributed by atoms with E-state index in [-0.39, 0.29) is 5.91 Å². The Kier molecular flexibility index (Phi) is 6.45. The van der Waals surface area contributed by atoms with Crippen LogP contribution in [0.2, 0.25) is 0 Å². The molecular formula is C20H26N2O2S. The highest BCUT2D eigenvalue weighted by Gasteiger charge is 2.15. The maximum absolute atomic E-state index is 12.1. The number of nitrogens with zero attached hydrogens (tertiary/aromatic N) is 1. The van der Waals surface area contributed by atoms with E-state index in [0.717, 1.165) is 34.4 Å². The summed E-state index contributed by atoms with van der Waals surface area (Å²) in [6.07, 6.45) is 8.29. The molecule has 1 aliphatic rings. The second-order valence-electron chi connectivity index (χ2n) is 6.67. The number of rotatable bonds is 7. The van der Waals surface area contributed by atoms with Gasteiger partial charge in [-0.25, -0.2) is 4.98 Å². The summed E-state index contributed by atoms with van der Waals surface area (Å²) < 4.78 is 5.18. The predicted molar refractivity (Wildman–Crippen MR) is 102 cm³/mol. The average Bonchev–Trinajstić information content (AvgIpc) is 3.14. The second-order valence-corrected chi connectivity index (χ2v) is 7.62. The van der Waals surface area contributed by atoms with Crippen molar-refractivity contribution in [2.24, 2.45) is 5.92 Å². The highest BCUT2D eigenvalue weighted by Crippen LogP contribution is 2.27. The molecule has 1 heterocycles. The van der Waals surface area contributed by atoms with Gasteiger partial charge in [-0.05, 0) is 36.6 Å². The van der Waals surface area contributed by atoms with Crippen molar-refractivity contribution in [3.8, 4) is 17.0 Å². The molecule has 0 aliphatic heterocycles. The minimum atomic E-state index is 0.145. The zero-order chi connectivity index (χ0) is 17.5. The predicted octanol–water partition coefficient (Wildman–Crippen LogP) is 4.80. The van der Waals surface area contributed by atoms with Gasteiger partial charge >= 0.3 is 0 Å². The van der Waals surface area contributed by atoms with Crippen LogP contribution in [-0.2, 0) is 11.3 Å². The van der Waals surface area contributed by atoms with E-state index in [9.17, 15) is 4.79 Å². The van der Waals surface area contributed by atoms with Gasteiger partial charge in [-0.1, -0.05) is 32.1 Å². The Labute approximate surface area is 153 Å². The lowest BCUT2D eigenvalue weighted by molar-refractivity contribution is -0.121. The summed E-state index contributed by atoms with van der Waals surface area (Å²) in [5, 5.41) is 5.99. The molecule has 0 radical (unpaired) electrons. The van der Waals surface area contributed by atoms with Gasteiger partial charge < -0.3 is 10.1 Å². The van der Waals surface area contributed by atoms with E-state index in [2.05, 4.69) is 10.3 Å². The van der Waals surface area contributed by atoms with Crippen LogP contribution in [0.1, 0.15) is 50.0 Å². The maximum Gasteiger partial charge on any atom is 0.220 e. The van der Waals surface area contributed by atoms with Crippen LogP contribution in [0.4, 0.5) is 0 Å². The van der Waals surface area contributed by atoms with Crippen LogP contribution in [-0.4, -0.2) is 18.0 Å². The largest absolute Gasteiger partial charge is 0.497 e. The third-order valence-electron chi connectivity index (χ3n) is 4.88. The minimum absolute atomic E-state index is 0.145. The number of methoxy groups -OCH3 is 1. The molecule has 1 aromatic heterocycles. The van der Waals surface area contributed by atoms with E-state index in [1.54, 1.807) is 18.4 Å². The number of benzene rings is 1. The van der Waals surface area contributed by atoms with E-state index in [0.29, 0.717) is 13.0 Å². The first-order chi connectivity index (χ1) is 12.2. The topological polar surface area (TPSA) is 51.2 Å². The second kappa shape index (κ2) is 8.99. The third-order valence-corrected chi connectivity index (χ3v) is 5.73. The molecule has 0 unspecified atom stereocenters. The molecule has 1 aromatic carbocycles. The fourth-order valence-corrected chi connectivity index (χ4v) is 4.10. The molecule has 0 bridgehead atoms. The van der Waals surface area contributed by atoms with Crippen LogP contribution >= 0.6 is 11.3 Å². The van der Waals surface area contributed by atoms with Crippen molar-refractivity contribution in [2.45, 2.75) is 51.5 Å². The van der Waals surface area contributed by atoms with Crippen LogP contribution in [0.5, 0.6) is 5.75 Å². The lowest BCUT2D eigenvalue weighted by Crippen LogP contribution is -2.23. The highest BCUT2D eigenvalue weighted by atomic mass is 32.1. The molecular weight excluding hydrogens is 332 g/mol. The molecule has 134 valence electrons. The fourth-order valence-electron chi connectivity index (χ4n) is 3.36. The van der Waals surface area contributed by atoms with Gasteiger partial charge in [0.25, 0.3) is 0 Å². The maximum atomic E-state index is 12.1. The van der Waals surface area contributed by atoms with Crippen LogP contribution in [0.15, 0.2) is 29.6 Å². The van der Waals surface area contributed by atoms with E-state index >= 15 is 0 Å². The van der Waals surface area contributed by atoms with Crippen molar-refractivity contribution in [2.75, 3.05) is 7.11 Å². The van der Waals surface area contributed by atoms with Gasteiger partial charge in [0.2, 0.25) is 5.91 Å². The summed E-state index contributed by atoms with van der Waals surface area (Å²) in [5.41, 5.74) is 2.01.